The number of hydrogen-bond acceptors (Lipinski definition) is 2. The van der Waals surface area contributed by atoms with Crippen LogP contribution in [0.25, 0.3) is 0 Å². The Hall–Kier alpha value is -1.70. The number of allylic oxidation sites excluding steroid dienone is 1. The summed E-state index contributed by atoms with van der Waals surface area (Å²) < 4.78 is 0. The maximum absolute atomic E-state index is 11.8. The van der Waals surface area contributed by atoms with Gasteiger partial charge in [0.05, 0.1) is 0 Å². The Morgan fingerprint density at radius 3 is 2.25 bits per heavy atom. The van der Waals surface area contributed by atoms with Crippen molar-refractivity contribution in [2.45, 2.75) is 20.8 Å². The van der Waals surface area contributed by atoms with E-state index in [2.05, 4.69) is 6.58 Å². The summed E-state index contributed by atoms with van der Waals surface area (Å²) in [5.74, 6) is -0.120. The van der Waals surface area contributed by atoms with Gasteiger partial charge in [-0.3, -0.25) is 9.59 Å². The van der Waals surface area contributed by atoms with Crippen molar-refractivity contribution in [3.05, 3.63) is 47.5 Å². The lowest BCUT2D eigenvalue weighted by molar-refractivity contribution is 0.0939. The second-order valence-electron chi connectivity index (χ2n) is 4.21. The van der Waals surface area contributed by atoms with Crippen molar-refractivity contribution in [3.63, 3.8) is 0 Å². The van der Waals surface area contributed by atoms with Crippen molar-refractivity contribution in [2.24, 2.45) is 5.92 Å². The summed E-state index contributed by atoms with van der Waals surface area (Å²) in [6, 6.07) is 6.80. The first kappa shape index (κ1) is 12.4. The summed E-state index contributed by atoms with van der Waals surface area (Å²) in [6.07, 6.45) is 0. The first-order valence-corrected chi connectivity index (χ1v) is 5.28. The standard InChI is InChI=1S/C14H16O2/c1-9(2)13(15)11-6-5-7-12(8-11)14(16)10(3)4/h5-8,10H,1H2,2-4H3. The third-order valence-electron chi connectivity index (χ3n) is 2.32. The third-order valence-corrected chi connectivity index (χ3v) is 2.32. The van der Waals surface area contributed by atoms with E-state index in [1.807, 2.05) is 13.8 Å². The summed E-state index contributed by atoms with van der Waals surface area (Å²) in [4.78, 5) is 23.4. The summed E-state index contributed by atoms with van der Waals surface area (Å²) in [5.41, 5.74) is 1.59. The average molecular weight is 216 g/mol. The van der Waals surface area contributed by atoms with Crippen LogP contribution in [0.4, 0.5) is 0 Å². The Bertz CT molecular complexity index is 442. The average Bonchev–Trinajstić information content (AvgIpc) is 2.26. The summed E-state index contributed by atoms with van der Waals surface area (Å²) in [5, 5.41) is 0. The highest BCUT2D eigenvalue weighted by atomic mass is 16.1. The smallest absolute Gasteiger partial charge is 0.188 e. The van der Waals surface area contributed by atoms with E-state index in [-0.39, 0.29) is 17.5 Å². The van der Waals surface area contributed by atoms with Gasteiger partial charge >= 0.3 is 0 Å². The van der Waals surface area contributed by atoms with E-state index in [0.717, 1.165) is 0 Å². The molecule has 0 amide bonds. The second-order valence-corrected chi connectivity index (χ2v) is 4.21. The molecule has 0 spiro atoms. The van der Waals surface area contributed by atoms with Crippen molar-refractivity contribution in [1.82, 2.24) is 0 Å². The largest absolute Gasteiger partial charge is 0.294 e. The van der Waals surface area contributed by atoms with Crippen molar-refractivity contribution < 1.29 is 9.59 Å². The molecule has 84 valence electrons. The van der Waals surface area contributed by atoms with E-state index in [1.165, 1.54) is 0 Å². The molecule has 0 fully saturated rings. The molecule has 0 N–H and O–H groups in total. The highest BCUT2D eigenvalue weighted by Crippen LogP contribution is 2.13. The SMILES string of the molecule is C=C(C)C(=O)c1cccc(C(=O)C(C)C)c1. The number of Topliss-reactive ketones (excluding diaryl/α,β-unsaturated/α-hetero) is 2. The van der Waals surface area contributed by atoms with Crippen LogP contribution in [0.3, 0.4) is 0 Å². The highest BCUT2D eigenvalue weighted by molar-refractivity contribution is 6.09. The predicted molar refractivity (Wildman–Crippen MR) is 64.8 cm³/mol. The minimum absolute atomic E-state index is 0.0522. The molecule has 1 rings (SSSR count). The van der Waals surface area contributed by atoms with E-state index in [0.29, 0.717) is 16.7 Å². The Kier molecular flexibility index (Phi) is 3.78. The zero-order valence-electron chi connectivity index (χ0n) is 9.91. The number of ketones is 2. The number of carbonyl (C=O) groups excluding carboxylic acids is 2. The number of benzene rings is 1. The van der Waals surface area contributed by atoms with Gasteiger partial charge in [0.15, 0.2) is 11.6 Å². The molecule has 0 radical (unpaired) electrons. The van der Waals surface area contributed by atoms with Crippen molar-refractivity contribution in [1.29, 1.82) is 0 Å². The fraction of sp³-hybridized carbons (Fsp3) is 0.286. The minimum Gasteiger partial charge on any atom is -0.294 e. The quantitative estimate of drug-likeness (QED) is 0.571. The van der Waals surface area contributed by atoms with E-state index in [9.17, 15) is 9.59 Å². The van der Waals surface area contributed by atoms with Crippen molar-refractivity contribution >= 4 is 11.6 Å². The maximum Gasteiger partial charge on any atom is 0.188 e. The second kappa shape index (κ2) is 4.88. The maximum atomic E-state index is 11.8. The Labute approximate surface area is 96.0 Å². The molecule has 0 heterocycles. The lowest BCUT2D eigenvalue weighted by atomic mass is 9.97. The fourth-order valence-electron chi connectivity index (χ4n) is 1.39. The lowest BCUT2D eigenvalue weighted by Crippen LogP contribution is -2.09. The lowest BCUT2D eigenvalue weighted by Gasteiger charge is -2.06. The van der Waals surface area contributed by atoms with Crippen LogP contribution in [0.15, 0.2) is 36.4 Å². The molecule has 2 heteroatoms. The van der Waals surface area contributed by atoms with Gasteiger partial charge in [0.1, 0.15) is 0 Å². The normalized spacial score (nSPS) is 10.2. The Morgan fingerprint density at radius 1 is 1.19 bits per heavy atom. The van der Waals surface area contributed by atoms with Gasteiger partial charge in [0.25, 0.3) is 0 Å². The summed E-state index contributed by atoms with van der Waals surface area (Å²) in [6.45, 7) is 8.96. The van der Waals surface area contributed by atoms with Gasteiger partial charge in [-0.2, -0.15) is 0 Å². The monoisotopic (exact) mass is 216 g/mol. The van der Waals surface area contributed by atoms with Gasteiger partial charge in [0, 0.05) is 17.0 Å². The van der Waals surface area contributed by atoms with Gasteiger partial charge in [-0.1, -0.05) is 38.6 Å². The van der Waals surface area contributed by atoms with E-state index >= 15 is 0 Å². The minimum atomic E-state index is -0.113. The molecule has 1 aromatic rings. The van der Waals surface area contributed by atoms with Crippen LogP contribution in [-0.4, -0.2) is 11.6 Å². The third kappa shape index (κ3) is 2.66. The molecular formula is C14H16O2. The molecule has 0 aromatic heterocycles. The summed E-state index contributed by atoms with van der Waals surface area (Å²) in [7, 11) is 0. The molecule has 0 aliphatic heterocycles. The molecule has 0 aliphatic rings. The molecule has 0 atom stereocenters. The molecule has 0 bridgehead atoms. The first-order chi connectivity index (χ1) is 7.43. The van der Waals surface area contributed by atoms with Crippen LogP contribution in [0.1, 0.15) is 41.5 Å². The molecule has 16 heavy (non-hydrogen) atoms. The van der Waals surface area contributed by atoms with Crippen LogP contribution in [-0.2, 0) is 0 Å². The van der Waals surface area contributed by atoms with Gasteiger partial charge in [-0.25, -0.2) is 0 Å². The van der Waals surface area contributed by atoms with Crippen molar-refractivity contribution in [2.75, 3.05) is 0 Å². The molecule has 0 unspecified atom stereocenters. The zero-order valence-corrected chi connectivity index (χ0v) is 9.91. The van der Waals surface area contributed by atoms with Gasteiger partial charge in [0.2, 0.25) is 0 Å². The molecule has 2 nitrogen and oxygen atoms in total. The zero-order chi connectivity index (χ0) is 12.3. The number of hydrogen-bond donors (Lipinski definition) is 0. The Morgan fingerprint density at radius 2 is 1.75 bits per heavy atom. The Balaban J connectivity index is 3.09. The fourth-order valence-corrected chi connectivity index (χ4v) is 1.39. The van der Waals surface area contributed by atoms with Crippen LogP contribution in [0.2, 0.25) is 0 Å². The van der Waals surface area contributed by atoms with Crippen LogP contribution < -0.4 is 0 Å². The number of carbonyl (C=O) groups is 2. The van der Waals surface area contributed by atoms with Gasteiger partial charge in [-0.15, -0.1) is 0 Å². The molecule has 0 saturated heterocycles. The van der Waals surface area contributed by atoms with E-state index < -0.39 is 0 Å². The number of rotatable bonds is 4. The molecule has 0 aliphatic carbocycles. The van der Waals surface area contributed by atoms with Crippen LogP contribution >= 0.6 is 0 Å². The summed E-state index contributed by atoms with van der Waals surface area (Å²) >= 11 is 0. The van der Waals surface area contributed by atoms with Crippen molar-refractivity contribution in [3.8, 4) is 0 Å². The predicted octanol–water partition coefficient (Wildman–Crippen LogP) is 3.28. The van der Waals surface area contributed by atoms with Gasteiger partial charge in [-0.05, 0) is 18.6 Å². The topological polar surface area (TPSA) is 34.1 Å². The highest BCUT2D eigenvalue weighted by Gasteiger charge is 2.13. The molecule has 1 aromatic carbocycles. The van der Waals surface area contributed by atoms with Gasteiger partial charge < -0.3 is 0 Å². The van der Waals surface area contributed by atoms with Crippen LogP contribution in [0.5, 0.6) is 0 Å². The van der Waals surface area contributed by atoms with E-state index in [4.69, 9.17) is 0 Å². The molecular weight excluding hydrogens is 200 g/mol. The first-order valence-electron chi connectivity index (χ1n) is 5.28. The van der Waals surface area contributed by atoms with Crippen LogP contribution in [0, 0.1) is 5.92 Å². The van der Waals surface area contributed by atoms with E-state index in [1.54, 1.807) is 31.2 Å². The molecule has 0 saturated carbocycles.